The molecule has 0 saturated carbocycles. The highest BCUT2D eigenvalue weighted by Crippen LogP contribution is 2.20. The first-order chi connectivity index (χ1) is 9.08. The zero-order valence-corrected chi connectivity index (χ0v) is 12.3. The van der Waals surface area contributed by atoms with Gasteiger partial charge in [0.2, 0.25) is 5.95 Å². The molecule has 0 fully saturated rings. The molecule has 2 N–H and O–H groups in total. The summed E-state index contributed by atoms with van der Waals surface area (Å²) < 4.78 is 3.93. The summed E-state index contributed by atoms with van der Waals surface area (Å²) in [4.78, 5) is 6.85. The second-order valence-corrected chi connectivity index (χ2v) is 4.94. The topological polar surface area (TPSA) is 64.9 Å². The summed E-state index contributed by atoms with van der Waals surface area (Å²) in [5, 5.41) is 4.40. The van der Waals surface area contributed by atoms with Gasteiger partial charge in [-0.1, -0.05) is 13.8 Å². The van der Waals surface area contributed by atoms with Gasteiger partial charge >= 0.3 is 0 Å². The quantitative estimate of drug-likeness (QED) is 0.856. The molecule has 2 aromatic heterocycles. The number of anilines is 1. The van der Waals surface area contributed by atoms with E-state index in [1.165, 1.54) is 6.42 Å². The van der Waals surface area contributed by atoms with E-state index in [9.17, 15) is 0 Å². The molecule has 0 saturated heterocycles. The van der Waals surface area contributed by atoms with Crippen molar-refractivity contribution in [2.45, 2.75) is 33.7 Å². The summed E-state index contributed by atoms with van der Waals surface area (Å²) in [7, 11) is 1.94. The zero-order valence-electron chi connectivity index (χ0n) is 12.3. The molecule has 0 spiro atoms. The number of nitrogen functional groups attached to an aromatic ring is 1. The van der Waals surface area contributed by atoms with Crippen LogP contribution in [-0.4, -0.2) is 43.9 Å². The van der Waals surface area contributed by atoms with Crippen LogP contribution >= 0.6 is 0 Å². The minimum atomic E-state index is 0.582. The molecule has 6 nitrogen and oxygen atoms in total. The number of rotatable bonds is 6. The van der Waals surface area contributed by atoms with Gasteiger partial charge in [0, 0.05) is 20.1 Å². The fourth-order valence-corrected chi connectivity index (χ4v) is 2.56. The van der Waals surface area contributed by atoms with Crippen LogP contribution in [0.3, 0.4) is 0 Å². The Kier molecular flexibility index (Phi) is 4.09. The van der Waals surface area contributed by atoms with Crippen LogP contribution in [0.25, 0.3) is 11.2 Å². The second kappa shape index (κ2) is 5.61. The summed E-state index contributed by atoms with van der Waals surface area (Å²) in [5.41, 5.74) is 8.90. The summed E-state index contributed by atoms with van der Waals surface area (Å²) in [5.74, 6) is 0.582. The molecule has 6 heteroatoms. The Morgan fingerprint density at radius 1 is 1.26 bits per heavy atom. The minimum Gasteiger partial charge on any atom is -0.369 e. The molecule has 0 bridgehead atoms. The molecule has 19 heavy (non-hydrogen) atoms. The molecule has 2 aromatic rings. The van der Waals surface area contributed by atoms with Gasteiger partial charge in [0.15, 0.2) is 5.65 Å². The maximum Gasteiger partial charge on any atom is 0.202 e. The molecule has 0 radical (unpaired) electrons. The van der Waals surface area contributed by atoms with Gasteiger partial charge in [-0.05, 0) is 26.4 Å². The van der Waals surface area contributed by atoms with Crippen molar-refractivity contribution in [3.8, 4) is 0 Å². The average molecular weight is 264 g/mol. The number of aryl methyl sites for hydroxylation is 2. The van der Waals surface area contributed by atoms with Crippen LogP contribution in [0, 0.1) is 6.92 Å². The summed E-state index contributed by atoms with van der Waals surface area (Å²) in [6, 6.07) is 0. The number of hydrogen-bond acceptors (Lipinski definition) is 4. The first-order valence-electron chi connectivity index (χ1n) is 6.96. The Labute approximate surface area is 114 Å². The Bertz CT molecular complexity index is 553. The number of nitrogens with two attached hydrogens (primary N) is 1. The van der Waals surface area contributed by atoms with Crippen LogP contribution in [0.2, 0.25) is 0 Å². The molecule has 0 aliphatic rings. The van der Waals surface area contributed by atoms with Crippen LogP contribution in [0.1, 0.15) is 26.0 Å². The van der Waals surface area contributed by atoms with Crippen molar-refractivity contribution >= 4 is 17.1 Å². The first kappa shape index (κ1) is 13.9. The third kappa shape index (κ3) is 2.58. The van der Waals surface area contributed by atoms with Crippen LogP contribution in [0.4, 0.5) is 5.95 Å². The van der Waals surface area contributed by atoms with Gasteiger partial charge in [-0.25, -0.2) is 4.98 Å². The lowest BCUT2D eigenvalue weighted by molar-refractivity contribution is 0.278. The number of likely N-dealkylation sites (N-methyl/N-ethyl adjacent to an activating group) is 1. The zero-order chi connectivity index (χ0) is 14.0. The van der Waals surface area contributed by atoms with Gasteiger partial charge in [0.25, 0.3) is 0 Å². The van der Waals surface area contributed by atoms with Crippen molar-refractivity contribution in [1.29, 1.82) is 0 Å². The number of imidazole rings is 1. The van der Waals surface area contributed by atoms with E-state index in [0.717, 1.165) is 43.0 Å². The van der Waals surface area contributed by atoms with Crippen LogP contribution in [0.15, 0.2) is 0 Å². The van der Waals surface area contributed by atoms with Gasteiger partial charge in [0.1, 0.15) is 5.52 Å². The first-order valence-corrected chi connectivity index (χ1v) is 6.96. The molecule has 0 amide bonds. The molecule has 0 aromatic carbocycles. The van der Waals surface area contributed by atoms with Crippen molar-refractivity contribution in [2.75, 3.05) is 25.4 Å². The average Bonchev–Trinajstić information content (AvgIpc) is 2.84. The summed E-state index contributed by atoms with van der Waals surface area (Å²) in [6.45, 7) is 10.4. The molecule has 106 valence electrons. The SMILES string of the molecule is CCCN(CC)CCn1c(N)nc2c(C)nn(C)c21. The van der Waals surface area contributed by atoms with Crippen molar-refractivity contribution in [1.82, 2.24) is 24.2 Å². The Hall–Kier alpha value is -1.56. The molecule has 2 heterocycles. The third-order valence-electron chi connectivity index (χ3n) is 3.55. The number of fused-ring (bicyclic) bond motifs is 1. The predicted molar refractivity (Wildman–Crippen MR) is 78.1 cm³/mol. The molecule has 0 unspecified atom stereocenters. The number of hydrogen-bond donors (Lipinski definition) is 1. The predicted octanol–water partition coefficient (Wildman–Crippen LogP) is 1.39. The van der Waals surface area contributed by atoms with E-state index >= 15 is 0 Å². The second-order valence-electron chi connectivity index (χ2n) is 4.94. The van der Waals surface area contributed by atoms with Gasteiger partial charge in [0.05, 0.1) is 5.69 Å². The molecule has 0 aliphatic heterocycles. The van der Waals surface area contributed by atoms with E-state index < -0.39 is 0 Å². The smallest absolute Gasteiger partial charge is 0.202 e. The van der Waals surface area contributed by atoms with E-state index in [2.05, 4.69) is 33.4 Å². The van der Waals surface area contributed by atoms with E-state index in [-0.39, 0.29) is 0 Å². The van der Waals surface area contributed by atoms with Crippen LogP contribution in [0.5, 0.6) is 0 Å². The van der Waals surface area contributed by atoms with Gasteiger partial charge in [-0.15, -0.1) is 0 Å². The van der Waals surface area contributed by atoms with E-state index in [1.54, 1.807) is 0 Å². The number of nitrogens with zero attached hydrogens (tertiary/aromatic N) is 5. The maximum atomic E-state index is 6.03. The van der Waals surface area contributed by atoms with Crippen LogP contribution in [-0.2, 0) is 13.6 Å². The molecule has 2 rings (SSSR count). The van der Waals surface area contributed by atoms with Gasteiger partial charge in [-0.3, -0.25) is 9.25 Å². The van der Waals surface area contributed by atoms with Crippen LogP contribution < -0.4 is 5.73 Å². The van der Waals surface area contributed by atoms with E-state index in [1.807, 2.05) is 18.7 Å². The fourth-order valence-electron chi connectivity index (χ4n) is 2.56. The standard InChI is InChI=1S/C13H24N6/c1-5-7-18(6-2)8-9-19-12-11(15-13(19)14)10(3)16-17(12)4/h5-9H2,1-4H3,(H2,14,15). The molecule has 0 aliphatic carbocycles. The minimum absolute atomic E-state index is 0.582. The summed E-state index contributed by atoms with van der Waals surface area (Å²) in [6.07, 6.45) is 1.17. The Morgan fingerprint density at radius 3 is 2.63 bits per heavy atom. The molecular weight excluding hydrogens is 240 g/mol. The number of aromatic nitrogens is 4. The molecule has 0 atom stereocenters. The maximum absolute atomic E-state index is 6.03. The lowest BCUT2D eigenvalue weighted by Gasteiger charge is -2.20. The third-order valence-corrected chi connectivity index (χ3v) is 3.55. The monoisotopic (exact) mass is 264 g/mol. The van der Waals surface area contributed by atoms with Crippen molar-refractivity contribution in [3.05, 3.63) is 5.69 Å². The summed E-state index contributed by atoms with van der Waals surface area (Å²) >= 11 is 0. The normalized spacial score (nSPS) is 11.8. The highest BCUT2D eigenvalue weighted by molar-refractivity contribution is 5.77. The lowest BCUT2D eigenvalue weighted by atomic mass is 10.4. The lowest BCUT2D eigenvalue weighted by Crippen LogP contribution is -2.28. The highest BCUT2D eigenvalue weighted by Gasteiger charge is 2.15. The van der Waals surface area contributed by atoms with E-state index in [4.69, 9.17) is 5.73 Å². The van der Waals surface area contributed by atoms with E-state index in [0.29, 0.717) is 5.95 Å². The fraction of sp³-hybridized carbons (Fsp3) is 0.692. The van der Waals surface area contributed by atoms with Gasteiger partial charge < -0.3 is 10.6 Å². The van der Waals surface area contributed by atoms with Crippen molar-refractivity contribution < 1.29 is 0 Å². The van der Waals surface area contributed by atoms with Crippen molar-refractivity contribution in [2.24, 2.45) is 7.05 Å². The molecular formula is C13H24N6. The van der Waals surface area contributed by atoms with Crippen molar-refractivity contribution in [3.63, 3.8) is 0 Å². The Morgan fingerprint density at radius 2 is 2.00 bits per heavy atom. The highest BCUT2D eigenvalue weighted by atomic mass is 15.3. The van der Waals surface area contributed by atoms with Gasteiger partial charge in [-0.2, -0.15) is 5.10 Å². The largest absolute Gasteiger partial charge is 0.369 e. The Balaban J connectivity index is 2.22.